The van der Waals surface area contributed by atoms with E-state index in [4.69, 9.17) is 9.26 Å². The van der Waals surface area contributed by atoms with Crippen LogP contribution in [0, 0.1) is 0 Å². The van der Waals surface area contributed by atoms with Crippen molar-refractivity contribution >= 4 is 22.9 Å². The van der Waals surface area contributed by atoms with Crippen LogP contribution in [0.2, 0.25) is 0 Å². The largest absolute Gasteiger partial charge is 0.424 e. The molecule has 0 unspecified atom stereocenters. The van der Waals surface area contributed by atoms with Gasteiger partial charge in [0.15, 0.2) is 5.58 Å². The second-order valence-corrected chi connectivity index (χ2v) is 2.90. The van der Waals surface area contributed by atoms with Gasteiger partial charge in [-0.25, -0.2) is 9.59 Å². The summed E-state index contributed by atoms with van der Waals surface area (Å²) in [6, 6.07) is 4.78. The molecule has 3 rings (SSSR count). The molecule has 0 amide bonds. The van der Waals surface area contributed by atoms with Gasteiger partial charge in [0.1, 0.15) is 11.1 Å². The number of ether oxygens (including phenoxy) is 2. The molecule has 1 aromatic carbocycles. The van der Waals surface area contributed by atoms with Crippen LogP contribution in [0.4, 0.5) is 0 Å². The van der Waals surface area contributed by atoms with Gasteiger partial charge >= 0.3 is 11.9 Å². The van der Waals surface area contributed by atoms with E-state index in [2.05, 4.69) is 9.89 Å². The lowest BCUT2D eigenvalue weighted by Gasteiger charge is -1.97. The van der Waals surface area contributed by atoms with Crippen molar-refractivity contribution < 1.29 is 23.6 Å². The minimum Gasteiger partial charge on any atom is -0.417 e. The Bertz CT molecular complexity index is 585. The number of carbonyl (C=O) groups excluding carboxylic acids is 2. The SMILES string of the molecule is O=C1Oc2cccc3onc(c23)OC1=O. The second-order valence-electron chi connectivity index (χ2n) is 2.90. The minimum atomic E-state index is -1.11. The topological polar surface area (TPSA) is 78.6 Å². The minimum absolute atomic E-state index is 0.0450. The van der Waals surface area contributed by atoms with Crippen molar-refractivity contribution in [1.82, 2.24) is 5.16 Å². The molecule has 0 saturated heterocycles. The summed E-state index contributed by atoms with van der Waals surface area (Å²) < 4.78 is 14.3. The van der Waals surface area contributed by atoms with E-state index in [1.807, 2.05) is 0 Å². The fourth-order valence-corrected chi connectivity index (χ4v) is 1.36. The van der Waals surface area contributed by atoms with Crippen LogP contribution in [0.3, 0.4) is 0 Å². The molecule has 0 saturated carbocycles. The number of rotatable bonds is 0. The molecule has 2 aromatic rings. The Morgan fingerprint density at radius 3 is 2.73 bits per heavy atom. The second kappa shape index (κ2) is 2.57. The molecule has 0 fully saturated rings. The van der Waals surface area contributed by atoms with Crippen LogP contribution in [0.15, 0.2) is 22.7 Å². The zero-order valence-electron chi connectivity index (χ0n) is 7.22. The van der Waals surface area contributed by atoms with Crippen LogP contribution < -0.4 is 9.47 Å². The smallest absolute Gasteiger partial charge is 0.417 e. The van der Waals surface area contributed by atoms with E-state index >= 15 is 0 Å². The molecule has 0 aliphatic carbocycles. The monoisotopic (exact) mass is 205 g/mol. The maximum Gasteiger partial charge on any atom is 0.424 e. The number of esters is 2. The van der Waals surface area contributed by atoms with Crippen molar-refractivity contribution in [2.45, 2.75) is 0 Å². The number of nitrogens with zero attached hydrogens (tertiary/aromatic N) is 1. The van der Waals surface area contributed by atoms with Crippen molar-refractivity contribution in [3.8, 4) is 11.6 Å². The Morgan fingerprint density at radius 1 is 1.07 bits per heavy atom. The first-order valence-electron chi connectivity index (χ1n) is 4.08. The summed E-state index contributed by atoms with van der Waals surface area (Å²) in [6.45, 7) is 0. The molecule has 15 heavy (non-hydrogen) atoms. The molecule has 0 bridgehead atoms. The van der Waals surface area contributed by atoms with Gasteiger partial charge < -0.3 is 14.0 Å². The van der Waals surface area contributed by atoms with Gasteiger partial charge in [-0.15, -0.1) is 0 Å². The van der Waals surface area contributed by atoms with Gasteiger partial charge in [-0.3, -0.25) is 0 Å². The predicted molar refractivity (Wildman–Crippen MR) is 45.3 cm³/mol. The van der Waals surface area contributed by atoms with Gasteiger partial charge in [-0.05, 0) is 17.3 Å². The predicted octanol–water partition coefficient (Wildman–Crippen LogP) is 0.652. The van der Waals surface area contributed by atoms with E-state index in [-0.39, 0.29) is 11.6 Å². The van der Waals surface area contributed by atoms with E-state index in [1.54, 1.807) is 12.1 Å². The maximum atomic E-state index is 11.1. The summed E-state index contributed by atoms with van der Waals surface area (Å²) in [5.41, 5.74) is 0.394. The molecule has 6 heteroatoms. The van der Waals surface area contributed by atoms with Gasteiger partial charge in [0.05, 0.1) is 0 Å². The molecule has 0 N–H and O–H groups in total. The van der Waals surface area contributed by atoms with E-state index in [0.29, 0.717) is 11.0 Å². The van der Waals surface area contributed by atoms with Crippen LogP contribution in [0.1, 0.15) is 0 Å². The number of carbonyl (C=O) groups is 2. The molecule has 0 radical (unpaired) electrons. The summed E-state index contributed by atoms with van der Waals surface area (Å²) >= 11 is 0. The fraction of sp³-hybridized carbons (Fsp3) is 0. The molecule has 0 atom stereocenters. The van der Waals surface area contributed by atoms with Gasteiger partial charge in [-0.2, -0.15) is 0 Å². The van der Waals surface area contributed by atoms with Crippen LogP contribution in [-0.4, -0.2) is 17.1 Å². The van der Waals surface area contributed by atoms with Crippen molar-refractivity contribution in [3.05, 3.63) is 18.2 Å². The first-order valence-corrected chi connectivity index (χ1v) is 4.08. The highest BCUT2D eigenvalue weighted by molar-refractivity contribution is 6.32. The Morgan fingerprint density at radius 2 is 1.87 bits per heavy atom. The highest BCUT2D eigenvalue weighted by Gasteiger charge is 2.29. The molecule has 1 aromatic heterocycles. The summed E-state index contributed by atoms with van der Waals surface area (Å²) in [5.74, 6) is -2.02. The van der Waals surface area contributed by atoms with Gasteiger partial charge in [0, 0.05) is 0 Å². The lowest BCUT2D eigenvalue weighted by molar-refractivity contribution is -0.155. The van der Waals surface area contributed by atoms with Crippen LogP contribution in [-0.2, 0) is 9.59 Å². The summed E-state index contributed by atoms with van der Waals surface area (Å²) in [4.78, 5) is 22.1. The van der Waals surface area contributed by atoms with Crippen LogP contribution in [0.25, 0.3) is 11.0 Å². The number of hydrogen-bond donors (Lipinski definition) is 0. The highest BCUT2D eigenvalue weighted by atomic mass is 16.6. The molecule has 74 valence electrons. The third-order valence-electron chi connectivity index (χ3n) is 1.99. The van der Waals surface area contributed by atoms with Gasteiger partial charge in [-0.1, -0.05) is 6.07 Å². The Labute approximate surface area is 82.4 Å². The van der Waals surface area contributed by atoms with E-state index in [1.165, 1.54) is 6.07 Å². The third kappa shape index (κ3) is 1.01. The first-order chi connectivity index (χ1) is 7.25. The van der Waals surface area contributed by atoms with E-state index in [9.17, 15) is 9.59 Å². The summed E-state index contributed by atoms with van der Waals surface area (Å²) in [5, 5.41) is 3.91. The summed E-state index contributed by atoms with van der Waals surface area (Å²) in [7, 11) is 0. The standard InChI is InChI=1S/C9H3NO5/c11-8-9(12)14-7-6-4(13-8)2-1-3-5(6)15-10-7/h1-3H. The first kappa shape index (κ1) is 7.98. The third-order valence-corrected chi connectivity index (χ3v) is 1.99. The molecule has 1 aliphatic heterocycles. The van der Waals surface area contributed by atoms with Crippen molar-refractivity contribution in [2.75, 3.05) is 0 Å². The Kier molecular flexibility index (Phi) is 1.37. The van der Waals surface area contributed by atoms with Crippen molar-refractivity contribution in [3.63, 3.8) is 0 Å². The molecular weight excluding hydrogens is 202 g/mol. The van der Waals surface area contributed by atoms with Crippen LogP contribution >= 0.6 is 0 Å². The van der Waals surface area contributed by atoms with Crippen LogP contribution in [0.5, 0.6) is 11.6 Å². The lowest BCUT2D eigenvalue weighted by atomic mass is 10.2. The molecule has 0 spiro atoms. The lowest BCUT2D eigenvalue weighted by Crippen LogP contribution is -2.23. The van der Waals surface area contributed by atoms with E-state index in [0.717, 1.165) is 0 Å². The summed E-state index contributed by atoms with van der Waals surface area (Å²) in [6.07, 6.45) is 0. The fourth-order valence-electron chi connectivity index (χ4n) is 1.36. The quantitative estimate of drug-likeness (QED) is 0.357. The zero-order valence-corrected chi connectivity index (χ0v) is 7.22. The van der Waals surface area contributed by atoms with Gasteiger partial charge in [0.25, 0.3) is 5.88 Å². The maximum absolute atomic E-state index is 11.1. The number of aromatic nitrogens is 1. The molecular formula is C9H3NO5. The Hall–Kier alpha value is -2.37. The van der Waals surface area contributed by atoms with Crippen molar-refractivity contribution in [2.24, 2.45) is 0 Å². The van der Waals surface area contributed by atoms with Crippen molar-refractivity contribution in [1.29, 1.82) is 0 Å². The Balaban J connectivity index is 2.36. The highest BCUT2D eigenvalue weighted by Crippen LogP contribution is 2.35. The number of hydrogen-bond acceptors (Lipinski definition) is 6. The average Bonchev–Trinajstić information content (AvgIpc) is 2.57. The molecule has 2 heterocycles. The normalized spacial score (nSPS) is 14.7. The zero-order chi connectivity index (χ0) is 10.4. The van der Waals surface area contributed by atoms with Gasteiger partial charge in [0.2, 0.25) is 0 Å². The van der Waals surface area contributed by atoms with E-state index < -0.39 is 11.9 Å². The average molecular weight is 205 g/mol. The molecule has 6 nitrogen and oxygen atoms in total. The molecule has 1 aliphatic rings. The number of benzene rings is 1.